The van der Waals surface area contributed by atoms with Crippen LogP contribution in [0.3, 0.4) is 0 Å². The van der Waals surface area contributed by atoms with Gasteiger partial charge in [-0.2, -0.15) is 0 Å². The van der Waals surface area contributed by atoms with Crippen LogP contribution >= 0.6 is 0 Å². The van der Waals surface area contributed by atoms with Crippen LogP contribution in [0.25, 0.3) is 0 Å². The van der Waals surface area contributed by atoms with Crippen LogP contribution in [0.5, 0.6) is 0 Å². The second kappa shape index (κ2) is 6.85. The Kier molecular flexibility index (Phi) is 5.10. The largest absolute Gasteiger partial charge is 0.385 e. The van der Waals surface area contributed by atoms with E-state index in [1.807, 2.05) is 0 Å². The third-order valence-corrected chi connectivity index (χ3v) is 4.08. The molecule has 0 fully saturated rings. The number of aryl methyl sites for hydroxylation is 1. The van der Waals surface area contributed by atoms with Gasteiger partial charge >= 0.3 is 0 Å². The summed E-state index contributed by atoms with van der Waals surface area (Å²) in [6.45, 7) is 0.575. The molecule has 0 unspecified atom stereocenters. The van der Waals surface area contributed by atoms with Crippen LogP contribution < -0.4 is 10.5 Å². The number of rotatable bonds is 6. The Morgan fingerprint density at radius 3 is 2.32 bits per heavy atom. The highest BCUT2D eigenvalue weighted by Crippen LogP contribution is 2.14. The molecule has 0 spiro atoms. The first-order chi connectivity index (χ1) is 10.4. The molecule has 0 bridgehead atoms. The van der Waals surface area contributed by atoms with Gasteiger partial charge in [0.05, 0.1) is 4.90 Å². The fourth-order valence-electron chi connectivity index (χ4n) is 2.00. The Morgan fingerprint density at radius 1 is 1.05 bits per heavy atom. The van der Waals surface area contributed by atoms with Gasteiger partial charge in [0.25, 0.3) is 0 Å². The number of anilines is 1. The first-order valence-electron chi connectivity index (χ1n) is 6.67. The number of primary sulfonamides is 1. The molecule has 0 atom stereocenters. The standard InChI is InChI=1S/C15H16F2N2O2S/c16-12-4-3-11(15(17)10-12)2-1-9-19-13-5-7-14(8-6-13)22(18,20)21/h3-8,10,19H,1-2,9H2,(H2,18,20,21). The monoisotopic (exact) mass is 326 g/mol. The van der Waals surface area contributed by atoms with Crippen LogP contribution in [-0.2, 0) is 16.4 Å². The van der Waals surface area contributed by atoms with Crippen LogP contribution in [0.4, 0.5) is 14.5 Å². The van der Waals surface area contributed by atoms with Gasteiger partial charge in [0.2, 0.25) is 10.0 Å². The summed E-state index contributed by atoms with van der Waals surface area (Å²) in [5.41, 5.74) is 1.21. The van der Waals surface area contributed by atoms with Crippen molar-refractivity contribution in [3.8, 4) is 0 Å². The second-order valence-electron chi connectivity index (χ2n) is 4.84. The van der Waals surface area contributed by atoms with Gasteiger partial charge in [-0.1, -0.05) is 6.07 Å². The lowest BCUT2D eigenvalue weighted by Crippen LogP contribution is -2.12. The van der Waals surface area contributed by atoms with Crippen LogP contribution in [0.15, 0.2) is 47.4 Å². The highest BCUT2D eigenvalue weighted by molar-refractivity contribution is 7.89. The van der Waals surface area contributed by atoms with Gasteiger partial charge in [-0.15, -0.1) is 0 Å². The first-order valence-corrected chi connectivity index (χ1v) is 8.21. The quantitative estimate of drug-likeness (QED) is 0.802. The smallest absolute Gasteiger partial charge is 0.238 e. The molecule has 0 heterocycles. The molecule has 2 aromatic rings. The zero-order valence-electron chi connectivity index (χ0n) is 11.7. The molecule has 4 nitrogen and oxygen atoms in total. The molecule has 0 saturated carbocycles. The molecule has 2 aromatic carbocycles. The van der Waals surface area contributed by atoms with E-state index in [0.29, 0.717) is 24.9 Å². The van der Waals surface area contributed by atoms with Crippen LogP contribution in [0.2, 0.25) is 0 Å². The lowest BCUT2D eigenvalue weighted by Gasteiger charge is -2.08. The van der Waals surface area contributed by atoms with Crippen LogP contribution in [0, 0.1) is 11.6 Å². The highest BCUT2D eigenvalue weighted by atomic mass is 32.2. The summed E-state index contributed by atoms with van der Waals surface area (Å²) >= 11 is 0. The molecule has 0 aliphatic heterocycles. The molecule has 3 N–H and O–H groups in total. The molecule has 0 saturated heterocycles. The fraction of sp³-hybridized carbons (Fsp3) is 0.200. The third kappa shape index (κ3) is 4.51. The van der Waals surface area contributed by atoms with Gasteiger partial charge in [0.1, 0.15) is 11.6 Å². The van der Waals surface area contributed by atoms with Gasteiger partial charge in [-0.3, -0.25) is 0 Å². The van der Waals surface area contributed by atoms with Crippen molar-refractivity contribution < 1.29 is 17.2 Å². The molecule has 2 rings (SSSR count). The summed E-state index contributed by atoms with van der Waals surface area (Å²) in [5.74, 6) is -1.13. The van der Waals surface area contributed by atoms with Crippen molar-refractivity contribution in [1.29, 1.82) is 0 Å². The summed E-state index contributed by atoms with van der Waals surface area (Å²) in [6.07, 6.45) is 1.13. The van der Waals surface area contributed by atoms with Gasteiger partial charge < -0.3 is 5.32 Å². The van der Waals surface area contributed by atoms with E-state index in [0.717, 1.165) is 11.8 Å². The molecule has 0 aliphatic rings. The maximum atomic E-state index is 13.4. The average molecular weight is 326 g/mol. The summed E-state index contributed by atoms with van der Waals surface area (Å²) in [6, 6.07) is 9.59. The third-order valence-electron chi connectivity index (χ3n) is 3.15. The van der Waals surface area contributed by atoms with Crippen molar-refractivity contribution in [2.24, 2.45) is 5.14 Å². The van der Waals surface area contributed by atoms with Crippen molar-refractivity contribution in [3.05, 3.63) is 59.7 Å². The van der Waals surface area contributed by atoms with Crippen molar-refractivity contribution in [1.82, 2.24) is 0 Å². The summed E-state index contributed by atoms with van der Waals surface area (Å²) in [4.78, 5) is 0.0476. The number of hydrogen-bond donors (Lipinski definition) is 2. The van der Waals surface area contributed by atoms with E-state index in [4.69, 9.17) is 5.14 Å². The minimum absolute atomic E-state index is 0.0476. The maximum absolute atomic E-state index is 13.4. The lowest BCUT2D eigenvalue weighted by molar-refractivity contribution is 0.570. The predicted octanol–water partition coefficient (Wildman–Crippen LogP) is 2.66. The van der Waals surface area contributed by atoms with Gasteiger partial charge in [0.15, 0.2) is 0 Å². The zero-order valence-corrected chi connectivity index (χ0v) is 12.5. The van der Waals surface area contributed by atoms with Crippen molar-refractivity contribution in [2.45, 2.75) is 17.7 Å². The molecule has 0 aromatic heterocycles. The summed E-state index contributed by atoms with van der Waals surface area (Å²) in [7, 11) is -3.69. The van der Waals surface area contributed by atoms with Crippen LogP contribution in [-0.4, -0.2) is 15.0 Å². The number of nitrogens with two attached hydrogens (primary N) is 1. The molecule has 0 amide bonds. The first kappa shape index (κ1) is 16.4. The van der Waals surface area contributed by atoms with Crippen molar-refractivity contribution in [3.63, 3.8) is 0 Å². The minimum atomic E-state index is -3.69. The van der Waals surface area contributed by atoms with E-state index in [9.17, 15) is 17.2 Å². The Hall–Kier alpha value is -1.99. The number of hydrogen-bond acceptors (Lipinski definition) is 3. The van der Waals surface area contributed by atoms with Crippen molar-refractivity contribution in [2.75, 3.05) is 11.9 Å². The molecule has 118 valence electrons. The minimum Gasteiger partial charge on any atom is -0.385 e. The Bertz CT molecular complexity index is 747. The normalized spacial score (nSPS) is 11.4. The SMILES string of the molecule is NS(=O)(=O)c1ccc(NCCCc2ccc(F)cc2F)cc1. The predicted molar refractivity (Wildman–Crippen MR) is 81.0 cm³/mol. The molecule has 22 heavy (non-hydrogen) atoms. The maximum Gasteiger partial charge on any atom is 0.238 e. The molecular weight excluding hydrogens is 310 g/mol. The van der Waals surface area contributed by atoms with E-state index in [2.05, 4.69) is 5.32 Å². The second-order valence-corrected chi connectivity index (χ2v) is 6.40. The average Bonchev–Trinajstić information content (AvgIpc) is 2.45. The highest BCUT2D eigenvalue weighted by Gasteiger charge is 2.06. The van der Waals surface area contributed by atoms with Crippen molar-refractivity contribution >= 4 is 15.7 Å². The molecule has 7 heteroatoms. The Balaban J connectivity index is 1.84. The van der Waals surface area contributed by atoms with E-state index in [-0.39, 0.29) is 4.90 Å². The molecular formula is C15H16F2N2O2S. The number of nitrogens with one attached hydrogen (secondary N) is 1. The van der Waals surface area contributed by atoms with Crippen LogP contribution in [0.1, 0.15) is 12.0 Å². The summed E-state index contributed by atoms with van der Waals surface area (Å²) in [5, 5.41) is 8.10. The number of halogens is 2. The lowest BCUT2D eigenvalue weighted by atomic mass is 10.1. The summed E-state index contributed by atoms with van der Waals surface area (Å²) < 4.78 is 48.4. The Labute approximate surface area is 128 Å². The Morgan fingerprint density at radius 2 is 1.73 bits per heavy atom. The molecule has 0 aliphatic carbocycles. The van der Waals surface area contributed by atoms with E-state index in [1.165, 1.54) is 24.3 Å². The number of benzene rings is 2. The number of sulfonamides is 1. The van der Waals surface area contributed by atoms with E-state index >= 15 is 0 Å². The molecule has 0 radical (unpaired) electrons. The van der Waals surface area contributed by atoms with Gasteiger partial charge in [0, 0.05) is 18.3 Å². The topological polar surface area (TPSA) is 72.2 Å². The van der Waals surface area contributed by atoms with E-state index in [1.54, 1.807) is 12.1 Å². The zero-order chi connectivity index (χ0) is 16.2. The van der Waals surface area contributed by atoms with E-state index < -0.39 is 21.7 Å². The van der Waals surface area contributed by atoms with Gasteiger partial charge in [-0.05, 0) is 48.7 Å². The van der Waals surface area contributed by atoms with Gasteiger partial charge in [-0.25, -0.2) is 22.3 Å². The fourth-order valence-corrected chi connectivity index (χ4v) is 2.51.